The van der Waals surface area contributed by atoms with Crippen molar-refractivity contribution in [1.82, 2.24) is 24.6 Å². The van der Waals surface area contributed by atoms with E-state index in [1.165, 1.54) is 0 Å². The topological polar surface area (TPSA) is 97.0 Å². The van der Waals surface area contributed by atoms with Gasteiger partial charge >= 0.3 is 0 Å². The van der Waals surface area contributed by atoms with Crippen LogP contribution >= 0.6 is 11.3 Å². The van der Waals surface area contributed by atoms with Crippen LogP contribution in [-0.4, -0.2) is 106 Å². The number of nitrogens with zero attached hydrogens (tertiary/aromatic N) is 4. The summed E-state index contributed by atoms with van der Waals surface area (Å²) in [5.41, 5.74) is 4.23. The number of carbonyl (C=O) groups excluding carboxylic acids is 4. The van der Waals surface area contributed by atoms with Crippen molar-refractivity contribution in [2.24, 2.45) is 5.92 Å². The Labute approximate surface area is 294 Å². The van der Waals surface area contributed by atoms with E-state index in [0.717, 1.165) is 94.7 Å². The van der Waals surface area contributed by atoms with Crippen LogP contribution in [0.5, 0.6) is 0 Å². The number of ketones is 1. The molecule has 0 unspecified atom stereocenters. The van der Waals surface area contributed by atoms with Gasteiger partial charge < -0.3 is 24.6 Å². The number of H-pyrrole nitrogens is 1. The summed E-state index contributed by atoms with van der Waals surface area (Å²) in [7, 11) is 0. The number of amides is 3. The molecule has 1 N–H and O–H groups in total. The second-order valence-corrected chi connectivity index (χ2v) is 16.6. The molecule has 0 spiro atoms. The number of hydrogen-bond acceptors (Lipinski definition) is 6. The quantitative estimate of drug-likeness (QED) is 0.297. The van der Waals surface area contributed by atoms with Gasteiger partial charge in [0, 0.05) is 74.3 Å². The first-order chi connectivity index (χ1) is 23.4. The molecular weight excluding hydrogens is 635 g/mol. The fourth-order valence-corrected chi connectivity index (χ4v) is 10.0. The van der Waals surface area contributed by atoms with Crippen molar-refractivity contribution in [1.29, 1.82) is 0 Å². The lowest BCUT2D eigenvalue weighted by atomic mass is 9.88. The number of likely N-dealkylation sites (tertiary alicyclic amines) is 1. The zero-order chi connectivity index (χ0) is 34.6. The lowest BCUT2D eigenvalue weighted by molar-refractivity contribution is -0.142. The molecular formula is C39H51N5O4S. The molecule has 2 aromatic heterocycles. The Morgan fingerprint density at radius 3 is 2.00 bits per heavy atom. The average molecular weight is 686 g/mol. The van der Waals surface area contributed by atoms with Crippen LogP contribution in [0.3, 0.4) is 0 Å². The van der Waals surface area contributed by atoms with E-state index >= 15 is 0 Å². The average Bonchev–Trinajstić information content (AvgIpc) is 3.87. The number of nitrogens with one attached hydrogen (secondary N) is 1. The zero-order valence-electron chi connectivity index (χ0n) is 29.8. The van der Waals surface area contributed by atoms with E-state index in [0.29, 0.717) is 51.2 Å². The molecule has 0 radical (unpaired) electrons. The second-order valence-electron chi connectivity index (χ2n) is 15.5. The van der Waals surface area contributed by atoms with E-state index < -0.39 is 5.41 Å². The van der Waals surface area contributed by atoms with Gasteiger partial charge in [-0.25, -0.2) is 0 Å². The Hall–Kier alpha value is -3.50. The highest BCUT2D eigenvalue weighted by Crippen LogP contribution is 2.45. The highest BCUT2D eigenvalue weighted by molar-refractivity contribution is 7.19. The fraction of sp³-hybridized carbons (Fsp3) is 0.590. The predicted molar refractivity (Wildman–Crippen MR) is 194 cm³/mol. The Morgan fingerprint density at radius 2 is 1.41 bits per heavy atom. The third kappa shape index (κ3) is 6.47. The van der Waals surface area contributed by atoms with E-state index in [2.05, 4.69) is 52.9 Å². The molecule has 3 amide bonds. The maximum Gasteiger partial charge on any atom is 0.233 e. The summed E-state index contributed by atoms with van der Waals surface area (Å²) >= 11 is 1.61. The van der Waals surface area contributed by atoms with Crippen LogP contribution in [0.1, 0.15) is 92.1 Å². The van der Waals surface area contributed by atoms with Crippen LogP contribution in [0.4, 0.5) is 0 Å². The van der Waals surface area contributed by atoms with Gasteiger partial charge in [-0.15, -0.1) is 11.3 Å². The third-order valence-electron chi connectivity index (χ3n) is 11.7. The molecule has 0 aliphatic carbocycles. The lowest BCUT2D eigenvalue weighted by Gasteiger charge is -2.38. The van der Waals surface area contributed by atoms with Crippen LogP contribution in [0.15, 0.2) is 24.3 Å². The SMILES string of the molecule is CC(=O)N1CCN(C(=O)C2CCN(CCC(=O)c3c(-c4cc(C)cc(C)c4)[nH]c4sc(C(C)(C)C(=O)N5C6CCC5CC6)cc34)CC2)CC1. The minimum absolute atomic E-state index is 0.00216. The van der Waals surface area contributed by atoms with Crippen LogP contribution in [0.2, 0.25) is 0 Å². The van der Waals surface area contributed by atoms with Gasteiger partial charge in [0.05, 0.1) is 16.7 Å². The van der Waals surface area contributed by atoms with Crippen LogP contribution < -0.4 is 0 Å². The standard InChI is InChI=1S/C39H51N5O4S/c1-24-20-25(2)22-28(21-24)35-34(31-23-33(49-36(31)40-35)39(4,5)38(48)44-29-6-7-30(44)9-8-29)32(46)12-15-41-13-10-27(11-14-41)37(47)43-18-16-42(17-19-43)26(3)45/h20-23,27,29-30,40H,6-19H2,1-5H3. The number of thiophene rings is 1. The largest absolute Gasteiger partial charge is 0.346 e. The van der Waals surface area contributed by atoms with Crippen molar-refractivity contribution in [3.8, 4) is 11.3 Å². The minimum atomic E-state index is -0.668. The van der Waals surface area contributed by atoms with Gasteiger partial charge in [-0.05, 0) is 103 Å². The molecule has 4 fully saturated rings. The van der Waals surface area contributed by atoms with Gasteiger partial charge in [-0.2, -0.15) is 0 Å². The number of aromatic amines is 1. The smallest absolute Gasteiger partial charge is 0.233 e. The van der Waals surface area contributed by atoms with E-state index in [9.17, 15) is 19.2 Å². The molecule has 4 saturated heterocycles. The van der Waals surface area contributed by atoms with Gasteiger partial charge in [-0.3, -0.25) is 19.2 Å². The van der Waals surface area contributed by atoms with Crippen molar-refractivity contribution < 1.29 is 19.2 Å². The van der Waals surface area contributed by atoms with Gasteiger partial charge in [-0.1, -0.05) is 17.2 Å². The molecule has 49 heavy (non-hydrogen) atoms. The number of Topliss-reactive ketones (excluding diaryl/α,β-unsaturated/α-hetero) is 1. The molecule has 0 saturated carbocycles. The summed E-state index contributed by atoms with van der Waals surface area (Å²) in [5, 5.41) is 0.915. The summed E-state index contributed by atoms with van der Waals surface area (Å²) in [6, 6.07) is 9.29. The molecule has 9 nitrogen and oxygen atoms in total. The minimum Gasteiger partial charge on any atom is -0.346 e. The first kappa shape index (κ1) is 34.0. The number of rotatable bonds is 8. The number of benzene rings is 1. The fourth-order valence-electron chi connectivity index (χ4n) is 8.87. The number of aryl methyl sites for hydroxylation is 2. The molecule has 2 bridgehead atoms. The monoisotopic (exact) mass is 685 g/mol. The Balaban J connectivity index is 1.07. The highest BCUT2D eigenvalue weighted by atomic mass is 32.1. The van der Waals surface area contributed by atoms with Crippen LogP contribution in [-0.2, 0) is 19.8 Å². The van der Waals surface area contributed by atoms with Gasteiger partial charge in [0.25, 0.3) is 0 Å². The van der Waals surface area contributed by atoms with Crippen molar-refractivity contribution in [2.45, 2.75) is 97.1 Å². The van der Waals surface area contributed by atoms with Crippen LogP contribution in [0, 0.1) is 19.8 Å². The summed E-state index contributed by atoms with van der Waals surface area (Å²) in [5.74, 6) is 0.594. The number of hydrogen-bond donors (Lipinski definition) is 1. The first-order valence-electron chi connectivity index (χ1n) is 18.3. The normalized spacial score (nSPS) is 22.0. The lowest BCUT2D eigenvalue weighted by Crippen LogP contribution is -2.52. The molecule has 3 aromatic rings. The number of carbonyl (C=O) groups is 4. The number of fused-ring (bicyclic) bond motifs is 3. The molecule has 1 aromatic carbocycles. The summed E-state index contributed by atoms with van der Waals surface area (Å²) < 4.78 is 0. The Kier molecular flexibility index (Phi) is 9.24. The van der Waals surface area contributed by atoms with Gasteiger partial charge in [0.2, 0.25) is 17.7 Å². The predicted octanol–water partition coefficient (Wildman–Crippen LogP) is 5.92. The van der Waals surface area contributed by atoms with E-state index in [1.807, 2.05) is 23.6 Å². The number of aromatic nitrogens is 1. The van der Waals surface area contributed by atoms with Gasteiger partial charge in [0.1, 0.15) is 4.83 Å². The molecule has 7 rings (SSSR count). The highest BCUT2D eigenvalue weighted by Gasteiger charge is 2.47. The maximum absolute atomic E-state index is 14.3. The van der Waals surface area contributed by atoms with Crippen molar-refractivity contribution >= 4 is 45.1 Å². The summed E-state index contributed by atoms with van der Waals surface area (Å²) in [6.07, 6.45) is 6.43. The second kappa shape index (κ2) is 13.3. The van der Waals surface area contributed by atoms with Gasteiger partial charge in [0.15, 0.2) is 5.78 Å². The Morgan fingerprint density at radius 1 is 0.816 bits per heavy atom. The number of piperazine rings is 1. The van der Waals surface area contributed by atoms with E-state index in [4.69, 9.17) is 0 Å². The summed E-state index contributed by atoms with van der Waals surface area (Å²) in [4.78, 5) is 67.0. The first-order valence-corrected chi connectivity index (χ1v) is 19.1. The molecule has 4 aliphatic rings. The van der Waals surface area contributed by atoms with E-state index in [1.54, 1.807) is 18.3 Å². The molecule has 10 heteroatoms. The molecule has 6 heterocycles. The van der Waals surface area contributed by atoms with Crippen molar-refractivity contribution in [2.75, 3.05) is 45.8 Å². The number of piperidine rings is 1. The maximum atomic E-state index is 14.3. The third-order valence-corrected chi connectivity index (χ3v) is 13.1. The molecule has 4 aliphatic heterocycles. The van der Waals surface area contributed by atoms with Crippen molar-refractivity contribution in [3.05, 3.63) is 45.8 Å². The zero-order valence-corrected chi connectivity index (χ0v) is 30.6. The van der Waals surface area contributed by atoms with Crippen molar-refractivity contribution in [3.63, 3.8) is 0 Å². The Bertz CT molecular complexity index is 1730. The van der Waals surface area contributed by atoms with E-state index in [-0.39, 0.29) is 29.4 Å². The summed E-state index contributed by atoms with van der Waals surface area (Å²) in [6.45, 7) is 14.5. The van der Waals surface area contributed by atoms with Crippen LogP contribution in [0.25, 0.3) is 21.5 Å². The molecule has 0 atom stereocenters. The molecule has 262 valence electrons.